The van der Waals surface area contributed by atoms with Gasteiger partial charge in [-0.3, -0.25) is 4.98 Å². The lowest BCUT2D eigenvalue weighted by molar-refractivity contribution is 0.191. The Balaban J connectivity index is 1.57. The maximum Gasteiger partial charge on any atom is 0.130 e. The standard InChI is InChI=1S/C21H18N4O/c26-19(15-6-2-1-3-7-15)13-23-20-12-18(24-14-25-20)17-10-4-8-16-9-5-11-22-21(16)17/h1-12,14,19,26H,13H2,(H,23,24,25)/t19-/m0/s1. The van der Waals surface area contributed by atoms with Crippen molar-refractivity contribution >= 4 is 16.7 Å². The predicted octanol–water partition coefficient (Wildman–Crippen LogP) is 3.84. The van der Waals surface area contributed by atoms with Crippen LogP contribution in [0.3, 0.4) is 0 Å². The van der Waals surface area contributed by atoms with Gasteiger partial charge in [-0.25, -0.2) is 9.97 Å². The van der Waals surface area contributed by atoms with E-state index in [-0.39, 0.29) is 0 Å². The van der Waals surface area contributed by atoms with Crippen LogP contribution in [0.5, 0.6) is 0 Å². The van der Waals surface area contributed by atoms with Crippen LogP contribution in [0.25, 0.3) is 22.2 Å². The van der Waals surface area contributed by atoms with Crippen molar-refractivity contribution in [3.63, 3.8) is 0 Å². The number of para-hydroxylation sites is 1. The summed E-state index contributed by atoms with van der Waals surface area (Å²) in [7, 11) is 0. The number of benzene rings is 2. The van der Waals surface area contributed by atoms with Crippen LogP contribution in [0.1, 0.15) is 11.7 Å². The molecule has 2 aromatic heterocycles. The van der Waals surface area contributed by atoms with E-state index in [0.29, 0.717) is 12.4 Å². The second-order valence-corrected chi connectivity index (χ2v) is 5.98. The average molecular weight is 342 g/mol. The van der Waals surface area contributed by atoms with Gasteiger partial charge in [-0.05, 0) is 11.6 Å². The first kappa shape index (κ1) is 16.2. The Bertz CT molecular complexity index is 1020. The van der Waals surface area contributed by atoms with Crippen LogP contribution in [0.2, 0.25) is 0 Å². The average Bonchev–Trinajstić information content (AvgIpc) is 2.72. The zero-order valence-electron chi connectivity index (χ0n) is 14.1. The van der Waals surface area contributed by atoms with Gasteiger partial charge in [-0.1, -0.05) is 54.6 Å². The Morgan fingerprint density at radius 1 is 0.885 bits per heavy atom. The lowest BCUT2D eigenvalue weighted by Crippen LogP contribution is -2.13. The van der Waals surface area contributed by atoms with Gasteiger partial charge in [0.1, 0.15) is 12.1 Å². The van der Waals surface area contributed by atoms with Crippen molar-refractivity contribution in [1.82, 2.24) is 15.0 Å². The number of nitrogens with zero attached hydrogens (tertiary/aromatic N) is 3. The van der Waals surface area contributed by atoms with Crippen molar-refractivity contribution in [3.05, 3.63) is 84.8 Å². The van der Waals surface area contributed by atoms with Gasteiger partial charge in [0.25, 0.3) is 0 Å². The van der Waals surface area contributed by atoms with Crippen molar-refractivity contribution in [2.45, 2.75) is 6.10 Å². The fraction of sp³-hybridized carbons (Fsp3) is 0.0952. The number of aromatic nitrogens is 3. The van der Waals surface area contributed by atoms with E-state index in [2.05, 4.69) is 20.3 Å². The van der Waals surface area contributed by atoms with Crippen LogP contribution in [0.4, 0.5) is 5.82 Å². The monoisotopic (exact) mass is 342 g/mol. The molecule has 0 bridgehead atoms. The highest BCUT2D eigenvalue weighted by Gasteiger charge is 2.09. The van der Waals surface area contributed by atoms with E-state index in [1.165, 1.54) is 6.33 Å². The highest BCUT2D eigenvalue weighted by Crippen LogP contribution is 2.26. The fourth-order valence-electron chi connectivity index (χ4n) is 2.91. The number of hydrogen-bond donors (Lipinski definition) is 2. The minimum atomic E-state index is -0.603. The van der Waals surface area contributed by atoms with Gasteiger partial charge >= 0.3 is 0 Å². The van der Waals surface area contributed by atoms with E-state index in [0.717, 1.165) is 27.7 Å². The number of fused-ring (bicyclic) bond motifs is 1. The SMILES string of the molecule is O[C@@H](CNc1cc(-c2cccc3cccnc23)ncn1)c1ccccc1. The maximum absolute atomic E-state index is 10.3. The molecule has 2 N–H and O–H groups in total. The zero-order chi connectivity index (χ0) is 17.8. The third kappa shape index (κ3) is 3.38. The van der Waals surface area contributed by atoms with E-state index in [9.17, 15) is 5.11 Å². The van der Waals surface area contributed by atoms with Gasteiger partial charge in [0.05, 0.1) is 17.3 Å². The summed E-state index contributed by atoms with van der Waals surface area (Å²) in [6.07, 6.45) is 2.70. The largest absolute Gasteiger partial charge is 0.387 e. The van der Waals surface area contributed by atoms with Gasteiger partial charge in [0, 0.05) is 29.8 Å². The number of aliphatic hydroxyl groups is 1. The van der Waals surface area contributed by atoms with Crippen LogP contribution in [-0.2, 0) is 0 Å². The van der Waals surface area contributed by atoms with E-state index < -0.39 is 6.10 Å². The molecule has 5 heteroatoms. The van der Waals surface area contributed by atoms with Crippen molar-refractivity contribution in [2.75, 3.05) is 11.9 Å². The Hall–Kier alpha value is -3.31. The van der Waals surface area contributed by atoms with E-state index >= 15 is 0 Å². The summed E-state index contributed by atoms with van der Waals surface area (Å²) in [5.41, 5.74) is 3.52. The van der Waals surface area contributed by atoms with Gasteiger partial charge < -0.3 is 10.4 Å². The topological polar surface area (TPSA) is 70.9 Å². The fourth-order valence-corrected chi connectivity index (χ4v) is 2.91. The molecule has 0 spiro atoms. The lowest BCUT2D eigenvalue weighted by Gasteiger charge is -2.13. The first-order chi connectivity index (χ1) is 12.8. The smallest absolute Gasteiger partial charge is 0.130 e. The molecule has 0 radical (unpaired) electrons. The summed E-state index contributed by atoms with van der Waals surface area (Å²) in [5, 5.41) is 14.5. The second kappa shape index (κ2) is 7.29. The summed E-state index contributed by atoms with van der Waals surface area (Å²) in [6, 6.07) is 21.4. The van der Waals surface area contributed by atoms with Crippen molar-refractivity contribution in [1.29, 1.82) is 0 Å². The molecule has 0 aliphatic heterocycles. The molecule has 128 valence electrons. The van der Waals surface area contributed by atoms with Gasteiger partial charge in [-0.15, -0.1) is 0 Å². The Labute approximate surface area is 151 Å². The number of pyridine rings is 1. The van der Waals surface area contributed by atoms with Crippen LogP contribution in [-0.4, -0.2) is 26.6 Å². The Kier molecular flexibility index (Phi) is 4.53. The molecule has 0 unspecified atom stereocenters. The highest BCUT2D eigenvalue weighted by molar-refractivity contribution is 5.92. The Morgan fingerprint density at radius 2 is 1.73 bits per heavy atom. The maximum atomic E-state index is 10.3. The number of hydrogen-bond acceptors (Lipinski definition) is 5. The number of aliphatic hydroxyl groups excluding tert-OH is 1. The van der Waals surface area contributed by atoms with Gasteiger partial charge in [-0.2, -0.15) is 0 Å². The van der Waals surface area contributed by atoms with Crippen LogP contribution >= 0.6 is 0 Å². The third-order valence-electron chi connectivity index (χ3n) is 4.24. The molecule has 0 saturated carbocycles. The normalized spacial score (nSPS) is 12.0. The summed E-state index contributed by atoms with van der Waals surface area (Å²) in [6.45, 7) is 0.369. The van der Waals surface area contributed by atoms with E-state index in [1.807, 2.05) is 66.7 Å². The second-order valence-electron chi connectivity index (χ2n) is 5.98. The van der Waals surface area contributed by atoms with Gasteiger partial charge in [0.2, 0.25) is 0 Å². The molecule has 2 heterocycles. The minimum absolute atomic E-state index is 0.369. The zero-order valence-corrected chi connectivity index (χ0v) is 14.1. The molecule has 0 aliphatic carbocycles. The summed E-state index contributed by atoms with van der Waals surface area (Å²) >= 11 is 0. The van der Waals surface area contributed by atoms with Crippen LogP contribution in [0, 0.1) is 0 Å². The number of rotatable bonds is 5. The molecular weight excluding hydrogens is 324 g/mol. The molecule has 0 fully saturated rings. The summed E-state index contributed by atoms with van der Waals surface area (Å²) in [4.78, 5) is 13.1. The Morgan fingerprint density at radius 3 is 2.62 bits per heavy atom. The summed E-state index contributed by atoms with van der Waals surface area (Å²) < 4.78 is 0. The first-order valence-corrected chi connectivity index (χ1v) is 8.44. The van der Waals surface area contributed by atoms with Gasteiger partial charge in [0.15, 0.2) is 0 Å². The highest BCUT2D eigenvalue weighted by atomic mass is 16.3. The quantitative estimate of drug-likeness (QED) is 0.577. The van der Waals surface area contributed by atoms with E-state index in [1.54, 1.807) is 6.20 Å². The third-order valence-corrected chi connectivity index (χ3v) is 4.24. The van der Waals surface area contributed by atoms with Crippen molar-refractivity contribution in [2.24, 2.45) is 0 Å². The molecular formula is C21H18N4O. The minimum Gasteiger partial charge on any atom is -0.387 e. The van der Waals surface area contributed by atoms with Crippen LogP contribution < -0.4 is 5.32 Å². The molecule has 2 aromatic carbocycles. The molecule has 0 amide bonds. The summed E-state index contributed by atoms with van der Waals surface area (Å²) in [5.74, 6) is 0.665. The molecule has 0 aliphatic rings. The molecule has 4 rings (SSSR count). The van der Waals surface area contributed by atoms with Crippen molar-refractivity contribution in [3.8, 4) is 11.3 Å². The molecule has 4 aromatic rings. The first-order valence-electron chi connectivity index (χ1n) is 8.44. The number of anilines is 1. The molecule has 0 saturated heterocycles. The number of nitrogens with one attached hydrogen (secondary N) is 1. The lowest BCUT2D eigenvalue weighted by atomic mass is 10.1. The molecule has 5 nitrogen and oxygen atoms in total. The van der Waals surface area contributed by atoms with Crippen molar-refractivity contribution < 1.29 is 5.11 Å². The van der Waals surface area contributed by atoms with E-state index in [4.69, 9.17) is 0 Å². The van der Waals surface area contributed by atoms with Crippen LogP contribution in [0.15, 0.2) is 79.3 Å². The predicted molar refractivity (Wildman–Crippen MR) is 103 cm³/mol. The molecule has 1 atom stereocenters. The molecule has 26 heavy (non-hydrogen) atoms.